The molecule has 3 N–H and O–H groups in total. The van der Waals surface area contributed by atoms with E-state index < -0.39 is 0 Å². The molecule has 1 aliphatic heterocycles. The summed E-state index contributed by atoms with van der Waals surface area (Å²) in [5.41, 5.74) is 8.12. The largest absolute Gasteiger partial charge is 0.391 e. The van der Waals surface area contributed by atoms with Gasteiger partial charge in [0, 0.05) is 31.4 Å². The summed E-state index contributed by atoms with van der Waals surface area (Å²) in [6, 6.07) is 8.57. The third kappa shape index (κ3) is 2.83. The van der Waals surface area contributed by atoms with Gasteiger partial charge in [0.05, 0.1) is 6.10 Å². The van der Waals surface area contributed by atoms with Crippen LogP contribution >= 0.6 is 0 Å². The van der Waals surface area contributed by atoms with E-state index in [-0.39, 0.29) is 6.10 Å². The number of hydrogen-bond acceptors (Lipinski definition) is 4. The van der Waals surface area contributed by atoms with E-state index in [1.807, 2.05) is 12.1 Å². The van der Waals surface area contributed by atoms with E-state index in [9.17, 15) is 5.11 Å². The molecule has 2 rings (SSSR count). The van der Waals surface area contributed by atoms with Crippen LogP contribution in [0.2, 0.25) is 0 Å². The second-order valence-corrected chi connectivity index (χ2v) is 5.29. The van der Waals surface area contributed by atoms with Crippen molar-refractivity contribution >= 4 is 5.69 Å². The number of anilines is 1. The summed E-state index contributed by atoms with van der Waals surface area (Å²) in [6.07, 6.45) is 0.595. The van der Waals surface area contributed by atoms with Gasteiger partial charge in [0.2, 0.25) is 0 Å². The van der Waals surface area contributed by atoms with Crippen molar-refractivity contribution < 1.29 is 5.11 Å². The number of nitrogens with two attached hydrogens (primary N) is 1. The lowest BCUT2D eigenvalue weighted by atomic mass is 10.1. The van der Waals surface area contributed by atoms with Gasteiger partial charge in [-0.3, -0.25) is 0 Å². The van der Waals surface area contributed by atoms with Gasteiger partial charge in [0.15, 0.2) is 0 Å². The lowest BCUT2D eigenvalue weighted by Gasteiger charge is -2.30. The molecule has 1 aliphatic rings. The van der Waals surface area contributed by atoms with Crippen LogP contribution in [0.3, 0.4) is 0 Å². The molecule has 100 valence electrons. The summed E-state index contributed by atoms with van der Waals surface area (Å²) in [6.45, 7) is 2.20. The average molecular weight is 249 g/mol. The molecule has 2 unspecified atom stereocenters. The zero-order chi connectivity index (χ0) is 13.1. The number of aliphatic hydroxyl groups excluding tert-OH is 1. The van der Waals surface area contributed by atoms with Gasteiger partial charge in [0.25, 0.3) is 0 Å². The smallest absolute Gasteiger partial charge is 0.0735 e. The van der Waals surface area contributed by atoms with Crippen molar-refractivity contribution in [2.75, 3.05) is 32.1 Å². The van der Waals surface area contributed by atoms with Gasteiger partial charge < -0.3 is 20.6 Å². The third-order valence-corrected chi connectivity index (χ3v) is 3.49. The maximum Gasteiger partial charge on any atom is 0.0735 e. The molecular formula is C14H23N3O. The van der Waals surface area contributed by atoms with Crippen LogP contribution in [-0.4, -0.2) is 49.3 Å². The summed E-state index contributed by atoms with van der Waals surface area (Å²) < 4.78 is 0. The zero-order valence-corrected chi connectivity index (χ0v) is 11.2. The standard InChI is InChI=1S/C14H23N3O/c1-16(2)9-12-7-13(18)10-17(12)14-6-4-3-5-11(14)8-15/h3-6,12-13,18H,7-10,15H2,1-2H3. The van der Waals surface area contributed by atoms with Crippen molar-refractivity contribution in [3.05, 3.63) is 29.8 Å². The van der Waals surface area contributed by atoms with E-state index in [0.717, 1.165) is 18.5 Å². The van der Waals surface area contributed by atoms with E-state index in [1.165, 1.54) is 5.69 Å². The van der Waals surface area contributed by atoms with E-state index in [0.29, 0.717) is 19.1 Å². The number of β-amino-alcohol motifs (C(OH)–C–C–N with tert-alkyl or cyclic N) is 1. The molecule has 0 bridgehead atoms. The fourth-order valence-corrected chi connectivity index (χ4v) is 2.75. The topological polar surface area (TPSA) is 52.7 Å². The van der Waals surface area contributed by atoms with Crippen molar-refractivity contribution in [2.45, 2.75) is 25.1 Å². The fourth-order valence-electron chi connectivity index (χ4n) is 2.75. The normalized spacial score (nSPS) is 23.9. The quantitative estimate of drug-likeness (QED) is 0.822. The first kappa shape index (κ1) is 13.3. The first-order valence-electron chi connectivity index (χ1n) is 6.49. The van der Waals surface area contributed by atoms with Crippen molar-refractivity contribution in [1.29, 1.82) is 0 Å². The Labute approximate surface area is 109 Å². The summed E-state index contributed by atoms with van der Waals surface area (Å²) in [7, 11) is 4.13. The first-order valence-corrected chi connectivity index (χ1v) is 6.49. The van der Waals surface area contributed by atoms with Crippen LogP contribution in [0.1, 0.15) is 12.0 Å². The molecule has 0 saturated carbocycles. The summed E-state index contributed by atoms with van der Waals surface area (Å²) in [4.78, 5) is 4.47. The van der Waals surface area contributed by atoms with E-state index in [1.54, 1.807) is 0 Å². The van der Waals surface area contributed by atoms with Crippen molar-refractivity contribution in [3.8, 4) is 0 Å². The van der Waals surface area contributed by atoms with Crippen LogP contribution in [0, 0.1) is 0 Å². The zero-order valence-electron chi connectivity index (χ0n) is 11.2. The Bertz CT molecular complexity index is 394. The van der Waals surface area contributed by atoms with Crippen LogP contribution in [0.4, 0.5) is 5.69 Å². The number of aliphatic hydroxyl groups is 1. The maximum absolute atomic E-state index is 9.92. The van der Waals surface area contributed by atoms with Crippen LogP contribution in [0.15, 0.2) is 24.3 Å². The highest BCUT2D eigenvalue weighted by Crippen LogP contribution is 2.29. The summed E-state index contributed by atoms with van der Waals surface area (Å²) in [5.74, 6) is 0. The average Bonchev–Trinajstić information content (AvgIpc) is 2.69. The molecule has 0 aromatic heterocycles. The maximum atomic E-state index is 9.92. The first-order chi connectivity index (χ1) is 8.61. The molecule has 0 amide bonds. The number of para-hydroxylation sites is 1. The minimum atomic E-state index is -0.235. The molecule has 1 aromatic rings. The Morgan fingerprint density at radius 2 is 2.11 bits per heavy atom. The van der Waals surface area contributed by atoms with Crippen molar-refractivity contribution in [2.24, 2.45) is 5.73 Å². The van der Waals surface area contributed by atoms with Crippen molar-refractivity contribution in [3.63, 3.8) is 0 Å². The van der Waals surface area contributed by atoms with Crippen LogP contribution in [-0.2, 0) is 6.54 Å². The molecule has 2 atom stereocenters. The number of hydrogen-bond donors (Lipinski definition) is 2. The highest BCUT2D eigenvalue weighted by atomic mass is 16.3. The van der Waals surface area contributed by atoms with Gasteiger partial charge in [-0.25, -0.2) is 0 Å². The Morgan fingerprint density at radius 1 is 1.39 bits per heavy atom. The lowest BCUT2D eigenvalue weighted by molar-refractivity contribution is 0.191. The van der Waals surface area contributed by atoms with Crippen LogP contribution in [0.25, 0.3) is 0 Å². The van der Waals surface area contributed by atoms with Gasteiger partial charge in [-0.2, -0.15) is 0 Å². The Balaban J connectivity index is 2.24. The molecule has 1 heterocycles. The number of rotatable bonds is 4. The second-order valence-electron chi connectivity index (χ2n) is 5.29. The van der Waals surface area contributed by atoms with Gasteiger partial charge in [-0.05, 0) is 32.1 Å². The second kappa shape index (κ2) is 5.69. The van der Waals surface area contributed by atoms with Crippen LogP contribution in [0.5, 0.6) is 0 Å². The molecule has 1 fully saturated rings. The third-order valence-electron chi connectivity index (χ3n) is 3.49. The predicted octanol–water partition coefficient (Wildman–Crippen LogP) is 0.646. The fraction of sp³-hybridized carbons (Fsp3) is 0.571. The van der Waals surface area contributed by atoms with Gasteiger partial charge in [0.1, 0.15) is 0 Å². The van der Waals surface area contributed by atoms with Gasteiger partial charge in [-0.1, -0.05) is 18.2 Å². The molecule has 1 aromatic carbocycles. The van der Waals surface area contributed by atoms with Gasteiger partial charge >= 0.3 is 0 Å². The molecule has 0 aliphatic carbocycles. The molecule has 0 spiro atoms. The molecule has 18 heavy (non-hydrogen) atoms. The SMILES string of the molecule is CN(C)CC1CC(O)CN1c1ccccc1CN. The minimum absolute atomic E-state index is 0.235. The van der Waals surface area contributed by atoms with E-state index in [4.69, 9.17) is 5.73 Å². The summed E-state index contributed by atoms with van der Waals surface area (Å²) in [5, 5.41) is 9.92. The lowest BCUT2D eigenvalue weighted by Crippen LogP contribution is -2.38. The number of benzene rings is 1. The highest BCUT2D eigenvalue weighted by molar-refractivity contribution is 5.55. The molecule has 4 heteroatoms. The molecule has 4 nitrogen and oxygen atoms in total. The Morgan fingerprint density at radius 3 is 2.78 bits per heavy atom. The number of nitrogens with zero attached hydrogens (tertiary/aromatic N) is 2. The molecule has 0 radical (unpaired) electrons. The number of likely N-dealkylation sites (N-methyl/N-ethyl adjacent to an activating group) is 1. The van der Waals surface area contributed by atoms with Crippen molar-refractivity contribution in [1.82, 2.24) is 4.90 Å². The van der Waals surface area contributed by atoms with E-state index in [2.05, 4.69) is 36.0 Å². The monoisotopic (exact) mass is 249 g/mol. The Hall–Kier alpha value is -1.10. The molecular weight excluding hydrogens is 226 g/mol. The molecule has 1 saturated heterocycles. The van der Waals surface area contributed by atoms with Gasteiger partial charge in [-0.15, -0.1) is 0 Å². The summed E-state index contributed by atoms with van der Waals surface area (Å²) >= 11 is 0. The minimum Gasteiger partial charge on any atom is -0.391 e. The van der Waals surface area contributed by atoms with E-state index >= 15 is 0 Å². The predicted molar refractivity (Wildman–Crippen MR) is 74.6 cm³/mol. The van der Waals surface area contributed by atoms with Crippen LogP contribution < -0.4 is 10.6 Å². The Kier molecular flexibility index (Phi) is 4.22. The highest BCUT2D eigenvalue weighted by Gasteiger charge is 2.32.